The average molecular weight is 364 g/mol. The first-order valence-corrected chi connectivity index (χ1v) is 9.15. The van der Waals surface area contributed by atoms with Gasteiger partial charge in [-0.15, -0.1) is 0 Å². The molecule has 5 nitrogen and oxygen atoms in total. The Labute approximate surface area is 157 Å². The van der Waals surface area contributed by atoms with Crippen molar-refractivity contribution in [2.75, 3.05) is 20.1 Å². The lowest BCUT2D eigenvalue weighted by atomic mass is 9.90. The van der Waals surface area contributed by atoms with E-state index in [1.54, 1.807) is 18.6 Å². The second-order valence-corrected chi connectivity index (χ2v) is 7.20. The van der Waals surface area contributed by atoms with E-state index in [9.17, 15) is 9.18 Å². The van der Waals surface area contributed by atoms with E-state index in [2.05, 4.69) is 26.9 Å². The Morgan fingerprint density at radius 3 is 2.63 bits per heavy atom. The van der Waals surface area contributed by atoms with Crippen molar-refractivity contribution < 1.29 is 9.18 Å². The second-order valence-electron chi connectivity index (χ2n) is 7.20. The number of hydrogen-bond donors (Lipinski definition) is 0. The molecule has 0 atom stereocenters. The van der Waals surface area contributed by atoms with Crippen LogP contribution in [-0.4, -0.2) is 45.8 Å². The Bertz CT molecular complexity index is 983. The van der Waals surface area contributed by atoms with Crippen LogP contribution in [0.1, 0.15) is 18.5 Å². The minimum absolute atomic E-state index is 0.130. The zero-order valence-corrected chi connectivity index (χ0v) is 15.2. The zero-order chi connectivity index (χ0) is 18.8. The third-order valence-electron chi connectivity index (χ3n) is 5.19. The Balaban J connectivity index is 1.56. The number of fused-ring (bicyclic) bond motifs is 1. The highest BCUT2D eigenvalue weighted by molar-refractivity contribution is 5.87. The lowest BCUT2D eigenvalue weighted by molar-refractivity contribution is -0.123. The molecule has 4 heterocycles. The number of ketones is 1. The quantitative estimate of drug-likeness (QED) is 0.711. The number of halogens is 1. The number of nitrogens with zero attached hydrogens (tertiary/aromatic N) is 4. The molecule has 3 aromatic rings. The summed E-state index contributed by atoms with van der Waals surface area (Å²) in [4.78, 5) is 27.6. The SMILES string of the molecule is CN1CCC(C(=O)Cc2cc3cc(-c4cncc(F)c4)ncc3cn2)CC1. The van der Waals surface area contributed by atoms with Crippen LogP contribution in [0.25, 0.3) is 22.0 Å². The average Bonchev–Trinajstić information content (AvgIpc) is 2.68. The van der Waals surface area contributed by atoms with Crippen molar-refractivity contribution in [3.63, 3.8) is 0 Å². The molecule has 1 aliphatic rings. The number of carbonyl (C=O) groups excluding carboxylic acids is 1. The van der Waals surface area contributed by atoms with Gasteiger partial charge in [0, 0.05) is 47.6 Å². The summed E-state index contributed by atoms with van der Waals surface area (Å²) in [7, 11) is 2.09. The molecule has 0 aliphatic carbocycles. The fourth-order valence-electron chi connectivity index (χ4n) is 3.54. The third-order valence-corrected chi connectivity index (χ3v) is 5.19. The van der Waals surface area contributed by atoms with Gasteiger partial charge in [-0.05, 0) is 56.6 Å². The van der Waals surface area contributed by atoms with Gasteiger partial charge < -0.3 is 4.90 Å². The number of likely N-dealkylation sites (tertiary alicyclic amines) is 1. The maximum Gasteiger partial charge on any atom is 0.142 e. The van der Waals surface area contributed by atoms with E-state index >= 15 is 0 Å². The summed E-state index contributed by atoms with van der Waals surface area (Å²) < 4.78 is 13.4. The van der Waals surface area contributed by atoms with Crippen molar-refractivity contribution >= 4 is 16.6 Å². The standard InChI is InChI=1S/C21H21FN4O/c1-26-4-2-14(3-5-26)21(27)9-19-7-15-8-20(25-12-17(15)11-24-19)16-6-18(22)13-23-10-16/h6-8,10-14H,2-5,9H2,1H3. The van der Waals surface area contributed by atoms with Gasteiger partial charge in [-0.25, -0.2) is 4.39 Å². The summed E-state index contributed by atoms with van der Waals surface area (Å²) in [6.07, 6.45) is 8.40. The largest absolute Gasteiger partial charge is 0.306 e. The molecule has 0 N–H and O–H groups in total. The number of rotatable bonds is 4. The Morgan fingerprint density at radius 1 is 1.07 bits per heavy atom. The van der Waals surface area contributed by atoms with Crippen LogP contribution in [-0.2, 0) is 11.2 Å². The van der Waals surface area contributed by atoms with Gasteiger partial charge in [-0.1, -0.05) is 0 Å². The monoisotopic (exact) mass is 364 g/mol. The summed E-state index contributed by atoms with van der Waals surface area (Å²) in [6.45, 7) is 1.94. The molecule has 6 heteroatoms. The van der Waals surface area contributed by atoms with E-state index in [1.807, 2.05) is 12.1 Å². The number of Topliss-reactive ketones (excluding diaryl/α,β-unsaturated/α-hetero) is 1. The third kappa shape index (κ3) is 4.01. The Hall–Kier alpha value is -2.73. The van der Waals surface area contributed by atoms with Gasteiger partial charge >= 0.3 is 0 Å². The van der Waals surface area contributed by atoms with E-state index in [1.165, 1.54) is 12.3 Å². The molecule has 138 valence electrons. The zero-order valence-electron chi connectivity index (χ0n) is 15.2. The first-order chi connectivity index (χ1) is 13.1. The van der Waals surface area contributed by atoms with Crippen LogP contribution >= 0.6 is 0 Å². The van der Waals surface area contributed by atoms with Gasteiger partial charge in [0.05, 0.1) is 11.9 Å². The molecule has 0 saturated carbocycles. The fourth-order valence-corrected chi connectivity index (χ4v) is 3.54. The predicted octanol–water partition coefficient (Wildman–Crippen LogP) is 3.28. The molecule has 0 amide bonds. The van der Waals surface area contributed by atoms with Crippen molar-refractivity contribution in [2.45, 2.75) is 19.3 Å². The van der Waals surface area contributed by atoms with Crippen molar-refractivity contribution in [1.29, 1.82) is 0 Å². The van der Waals surface area contributed by atoms with Crippen LogP contribution in [0.3, 0.4) is 0 Å². The van der Waals surface area contributed by atoms with E-state index in [4.69, 9.17) is 0 Å². The van der Waals surface area contributed by atoms with Crippen LogP contribution in [0, 0.1) is 11.7 Å². The van der Waals surface area contributed by atoms with E-state index in [0.717, 1.165) is 42.4 Å². The van der Waals surface area contributed by atoms with Gasteiger partial charge in [0.1, 0.15) is 11.6 Å². The normalized spacial score (nSPS) is 15.9. The lowest BCUT2D eigenvalue weighted by Crippen LogP contribution is -2.34. The van der Waals surface area contributed by atoms with E-state index in [0.29, 0.717) is 17.7 Å². The van der Waals surface area contributed by atoms with E-state index in [-0.39, 0.29) is 11.7 Å². The van der Waals surface area contributed by atoms with Crippen LogP contribution < -0.4 is 0 Å². The van der Waals surface area contributed by atoms with Crippen molar-refractivity contribution in [3.05, 3.63) is 54.5 Å². The smallest absolute Gasteiger partial charge is 0.142 e. The Kier molecular flexibility index (Phi) is 4.90. The molecular weight excluding hydrogens is 343 g/mol. The summed E-state index contributed by atoms with van der Waals surface area (Å²) >= 11 is 0. The summed E-state index contributed by atoms with van der Waals surface area (Å²) in [5.74, 6) is -0.00263. The highest BCUT2D eigenvalue weighted by Crippen LogP contribution is 2.23. The molecule has 0 radical (unpaired) electrons. The number of carbonyl (C=O) groups is 1. The lowest BCUT2D eigenvalue weighted by Gasteiger charge is -2.27. The van der Waals surface area contributed by atoms with Crippen LogP contribution in [0.2, 0.25) is 0 Å². The minimum atomic E-state index is -0.395. The minimum Gasteiger partial charge on any atom is -0.306 e. The summed E-state index contributed by atoms with van der Waals surface area (Å²) in [5, 5.41) is 1.82. The van der Waals surface area contributed by atoms with Crippen molar-refractivity contribution in [3.8, 4) is 11.3 Å². The molecule has 0 aromatic carbocycles. The number of piperidine rings is 1. The summed E-state index contributed by atoms with van der Waals surface area (Å²) in [5.41, 5.74) is 2.03. The molecule has 1 saturated heterocycles. The fraction of sp³-hybridized carbons (Fsp3) is 0.333. The molecule has 4 rings (SSSR count). The Morgan fingerprint density at radius 2 is 1.85 bits per heavy atom. The molecule has 27 heavy (non-hydrogen) atoms. The van der Waals surface area contributed by atoms with Crippen LogP contribution in [0.4, 0.5) is 4.39 Å². The first-order valence-electron chi connectivity index (χ1n) is 9.15. The number of hydrogen-bond acceptors (Lipinski definition) is 5. The predicted molar refractivity (Wildman–Crippen MR) is 102 cm³/mol. The molecule has 0 bridgehead atoms. The highest BCUT2D eigenvalue weighted by atomic mass is 19.1. The molecule has 0 spiro atoms. The number of pyridine rings is 3. The van der Waals surface area contributed by atoms with Gasteiger partial charge in [0.15, 0.2) is 0 Å². The topological polar surface area (TPSA) is 59.0 Å². The van der Waals surface area contributed by atoms with Crippen LogP contribution in [0.15, 0.2) is 43.0 Å². The van der Waals surface area contributed by atoms with Crippen LogP contribution in [0.5, 0.6) is 0 Å². The molecule has 1 aliphatic heterocycles. The van der Waals surface area contributed by atoms with Gasteiger partial charge in [0.25, 0.3) is 0 Å². The summed E-state index contributed by atoms with van der Waals surface area (Å²) in [6, 6.07) is 5.23. The highest BCUT2D eigenvalue weighted by Gasteiger charge is 2.23. The molecule has 3 aromatic heterocycles. The molecular formula is C21H21FN4O. The first kappa shape index (κ1) is 17.7. The van der Waals surface area contributed by atoms with Gasteiger partial charge in [0.2, 0.25) is 0 Å². The van der Waals surface area contributed by atoms with Gasteiger partial charge in [-0.3, -0.25) is 19.7 Å². The van der Waals surface area contributed by atoms with Crippen molar-refractivity contribution in [2.24, 2.45) is 5.92 Å². The maximum absolute atomic E-state index is 13.4. The molecule has 1 fully saturated rings. The van der Waals surface area contributed by atoms with Gasteiger partial charge in [-0.2, -0.15) is 0 Å². The molecule has 0 unspecified atom stereocenters. The van der Waals surface area contributed by atoms with Crippen molar-refractivity contribution in [1.82, 2.24) is 19.9 Å². The second kappa shape index (κ2) is 7.48. The van der Waals surface area contributed by atoms with E-state index < -0.39 is 5.82 Å². The number of aromatic nitrogens is 3. The maximum atomic E-state index is 13.4.